The molecular weight excluding hydrogens is 458 g/mol. The second-order valence-corrected chi connectivity index (χ2v) is 11.6. The molecule has 0 aliphatic heterocycles. The Morgan fingerprint density at radius 3 is 2.52 bits per heavy atom. The van der Waals surface area contributed by atoms with Gasteiger partial charge in [0.2, 0.25) is 0 Å². The van der Waals surface area contributed by atoms with Crippen LogP contribution in [0.25, 0.3) is 22.2 Å². The van der Waals surface area contributed by atoms with Crippen molar-refractivity contribution in [2.24, 2.45) is 5.14 Å². The van der Waals surface area contributed by atoms with Gasteiger partial charge in [0.05, 0.1) is 11.0 Å². The number of rotatable bonds is 8. The third-order valence-corrected chi connectivity index (χ3v) is 7.64. The zero-order chi connectivity index (χ0) is 23.6. The average Bonchev–Trinajstić information content (AvgIpc) is 3.22. The second-order valence-electron chi connectivity index (χ2n) is 8.13. The van der Waals surface area contributed by atoms with Crippen molar-refractivity contribution < 1.29 is 17.1 Å². The molecule has 3 atom stereocenters. The minimum Gasteiger partial charge on any atom is -0.356 e. The number of benzene rings is 2. The molecule has 2 N–H and O–H groups in total. The molecule has 0 saturated carbocycles. The highest BCUT2D eigenvalue weighted by atomic mass is 32.2. The summed E-state index contributed by atoms with van der Waals surface area (Å²) in [6.45, 7) is 1.84. The van der Waals surface area contributed by atoms with Crippen molar-refractivity contribution >= 4 is 31.8 Å². The second kappa shape index (κ2) is 9.54. The van der Waals surface area contributed by atoms with Crippen LogP contribution in [0.15, 0.2) is 76.3 Å². The van der Waals surface area contributed by atoms with Crippen molar-refractivity contribution in [3.05, 3.63) is 78.0 Å². The smallest absolute Gasteiger partial charge is 0.192 e. The Bertz CT molecular complexity index is 1420. The van der Waals surface area contributed by atoms with Crippen LogP contribution in [0.1, 0.15) is 30.5 Å². The van der Waals surface area contributed by atoms with Gasteiger partial charge in [-0.25, -0.2) is 17.6 Å². The molecule has 0 fully saturated rings. The summed E-state index contributed by atoms with van der Waals surface area (Å²) in [5.74, 6) is -0.124. The molecular formula is C24H25N3O4S2. The maximum Gasteiger partial charge on any atom is 0.192 e. The molecule has 0 radical (unpaired) electrons. The molecule has 9 heteroatoms. The quantitative estimate of drug-likeness (QED) is 0.405. The van der Waals surface area contributed by atoms with Gasteiger partial charge in [-0.3, -0.25) is 5.14 Å². The highest BCUT2D eigenvalue weighted by molar-refractivity contribution is 7.90. The summed E-state index contributed by atoms with van der Waals surface area (Å²) in [5.41, 5.74) is 3.95. The fourth-order valence-corrected chi connectivity index (χ4v) is 5.03. The van der Waals surface area contributed by atoms with E-state index in [0.717, 1.165) is 28.5 Å². The Morgan fingerprint density at radius 1 is 1.03 bits per heavy atom. The van der Waals surface area contributed by atoms with Crippen molar-refractivity contribution in [1.82, 2.24) is 10.1 Å². The maximum atomic E-state index is 12.0. The van der Waals surface area contributed by atoms with E-state index < -0.39 is 20.8 Å². The Kier molecular flexibility index (Phi) is 6.73. The monoisotopic (exact) mass is 483 g/mol. The van der Waals surface area contributed by atoms with Crippen LogP contribution in [-0.2, 0) is 27.2 Å². The van der Waals surface area contributed by atoms with Crippen LogP contribution < -0.4 is 5.14 Å². The van der Waals surface area contributed by atoms with Gasteiger partial charge in [0.25, 0.3) is 0 Å². The number of hydrogen-bond donors (Lipinski definition) is 1. The third-order valence-electron chi connectivity index (χ3n) is 5.66. The molecule has 0 bridgehead atoms. The van der Waals surface area contributed by atoms with Gasteiger partial charge in [-0.05, 0) is 55.5 Å². The lowest BCUT2D eigenvalue weighted by Crippen LogP contribution is -2.22. The van der Waals surface area contributed by atoms with Crippen molar-refractivity contribution in [2.75, 3.05) is 6.26 Å². The number of pyridine rings is 1. The molecule has 7 nitrogen and oxygen atoms in total. The Labute approximate surface area is 195 Å². The van der Waals surface area contributed by atoms with E-state index in [0.29, 0.717) is 24.1 Å². The minimum absolute atomic E-state index is 0.0324. The Morgan fingerprint density at radius 2 is 1.76 bits per heavy atom. The molecule has 0 saturated heterocycles. The SMILES string of the molecule is CC(C[C@H](Cc1cccc(S(C)(=O)=O)n1)c1ccccc1-c1noc2ccccc12)S(N)=O. The van der Waals surface area contributed by atoms with E-state index in [-0.39, 0.29) is 16.2 Å². The lowest BCUT2D eigenvalue weighted by molar-refractivity contribution is 0.459. The molecule has 0 amide bonds. The van der Waals surface area contributed by atoms with Gasteiger partial charge in [0.1, 0.15) is 5.69 Å². The van der Waals surface area contributed by atoms with E-state index in [2.05, 4.69) is 10.1 Å². The number of hydrogen-bond acceptors (Lipinski definition) is 6. The van der Waals surface area contributed by atoms with Gasteiger partial charge in [0.15, 0.2) is 20.4 Å². The first-order chi connectivity index (χ1) is 15.7. The van der Waals surface area contributed by atoms with Crippen LogP contribution >= 0.6 is 0 Å². The summed E-state index contributed by atoms with van der Waals surface area (Å²) in [6.07, 6.45) is 2.12. The minimum atomic E-state index is -3.43. The molecule has 2 aromatic carbocycles. The summed E-state index contributed by atoms with van der Waals surface area (Å²) in [6, 6.07) is 20.5. The largest absolute Gasteiger partial charge is 0.356 e. The van der Waals surface area contributed by atoms with Gasteiger partial charge in [-0.15, -0.1) is 0 Å². The first kappa shape index (κ1) is 23.3. The summed E-state index contributed by atoms with van der Waals surface area (Å²) in [7, 11) is -4.93. The number of para-hydroxylation sites is 1. The topological polar surface area (TPSA) is 116 Å². The zero-order valence-corrected chi connectivity index (χ0v) is 20.0. The molecule has 0 spiro atoms. The van der Waals surface area contributed by atoms with Crippen LogP contribution in [0.5, 0.6) is 0 Å². The molecule has 2 heterocycles. The van der Waals surface area contributed by atoms with Crippen molar-refractivity contribution in [1.29, 1.82) is 0 Å². The molecule has 4 rings (SSSR count). The highest BCUT2D eigenvalue weighted by Gasteiger charge is 2.24. The standard InChI is InChI=1S/C24H25N3O4S2/c1-16(32(25)28)14-17(15-18-8-7-13-23(26-18)33(2,29)30)19-9-3-4-10-20(19)24-21-11-5-6-12-22(21)31-27-24/h3-13,16-17H,14-15,25H2,1-2H3/t16?,17-,32?/m1/s1. The Hall–Kier alpha value is -2.88. The summed E-state index contributed by atoms with van der Waals surface area (Å²) >= 11 is 0. The number of nitrogens with zero attached hydrogens (tertiary/aromatic N) is 2. The van der Waals surface area contributed by atoms with Crippen LogP contribution in [-0.4, -0.2) is 34.3 Å². The highest BCUT2D eigenvalue weighted by Crippen LogP contribution is 2.37. The van der Waals surface area contributed by atoms with Gasteiger partial charge >= 0.3 is 0 Å². The molecule has 2 aromatic heterocycles. The first-order valence-electron chi connectivity index (χ1n) is 10.5. The van der Waals surface area contributed by atoms with E-state index in [1.165, 1.54) is 6.07 Å². The molecule has 4 aromatic rings. The number of aromatic nitrogens is 2. The normalized spacial score (nSPS) is 14.8. The van der Waals surface area contributed by atoms with Crippen LogP contribution in [0.2, 0.25) is 0 Å². The van der Waals surface area contributed by atoms with Crippen LogP contribution in [0.4, 0.5) is 0 Å². The number of nitrogens with two attached hydrogens (primary N) is 1. The lowest BCUT2D eigenvalue weighted by atomic mass is 9.85. The fraction of sp³-hybridized carbons (Fsp3) is 0.250. The van der Waals surface area contributed by atoms with Gasteiger partial charge in [-0.2, -0.15) is 0 Å². The van der Waals surface area contributed by atoms with E-state index in [1.807, 2.05) is 55.5 Å². The summed E-state index contributed by atoms with van der Waals surface area (Å²) < 4.78 is 41.5. The predicted molar refractivity (Wildman–Crippen MR) is 130 cm³/mol. The van der Waals surface area contributed by atoms with Crippen LogP contribution in [0, 0.1) is 0 Å². The number of sulfone groups is 1. The Balaban J connectivity index is 1.80. The van der Waals surface area contributed by atoms with Crippen molar-refractivity contribution in [3.63, 3.8) is 0 Å². The lowest BCUT2D eigenvalue weighted by Gasteiger charge is -2.22. The van der Waals surface area contributed by atoms with E-state index in [9.17, 15) is 12.6 Å². The van der Waals surface area contributed by atoms with Crippen LogP contribution in [0.3, 0.4) is 0 Å². The van der Waals surface area contributed by atoms with Gasteiger partial charge in [-0.1, -0.05) is 47.6 Å². The van der Waals surface area contributed by atoms with Crippen molar-refractivity contribution in [2.45, 2.75) is 36.0 Å². The predicted octanol–water partition coefficient (Wildman–Crippen LogP) is 4.02. The third kappa shape index (κ3) is 5.21. The molecule has 172 valence electrons. The average molecular weight is 484 g/mol. The fourth-order valence-electron chi connectivity index (χ4n) is 3.99. The summed E-state index contributed by atoms with van der Waals surface area (Å²) in [4.78, 5) is 4.37. The summed E-state index contributed by atoms with van der Waals surface area (Å²) in [5, 5.41) is 10.7. The zero-order valence-electron chi connectivity index (χ0n) is 18.3. The molecule has 2 unspecified atom stereocenters. The van der Waals surface area contributed by atoms with Gasteiger partial charge in [0, 0.05) is 28.1 Å². The van der Waals surface area contributed by atoms with E-state index >= 15 is 0 Å². The van der Waals surface area contributed by atoms with E-state index in [1.54, 1.807) is 12.1 Å². The number of fused-ring (bicyclic) bond motifs is 1. The molecule has 0 aliphatic carbocycles. The molecule has 33 heavy (non-hydrogen) atoms. The van der Waals surface area contributed by atoms with E-state index in [4.69, 9.17) is 9.66 Å². The maximum absolute atomic E-state index is 12.0. The first-order valence-corrected chi connectivity index (χ1v) is 13.7. The van der Waals surface area contributed by atoms with Gasteiger partial charge < -0.3 is 4.52 Å². The van der Waals surface area contributed by atoms with Crippen molar-refractivity contribution in [3.8, 4) is 11.3 Å². The molecule has 0 aliphatic rings.